The van der Waals surface area contributed by atoms with Gasteiger partial charge in [0.25, 0.3) is 11.6 Å². The molecule has 3 rings (SSSR count). The number of ether oxygens (including phenoxy) is 1. The van der Waals surface area contributed by atoms with Crippen LogP contribution in [0.25, 0.3) is 0 Å². The first-order valence-corrected chi connectivity index (χ1v) is 8.76. The number of nitro benzene ring substituents is 1. The van der Waals surface area contributed by atoms with Crippen molar-refractivity contribution in [2.75, 3.05) is 12.4 Å². The van der Waals surface area contributed by atoms with Crippen molar-refractivity contribution in [2.24, 2.45) is 0 Å². The molecule has 0 aromatic heterocycles. The van der Waals surface area contributed by atoms with Gasteiger partial charge in [0, 0.05) is 23.2 Å². The van der Waals surface area contributed by atoms with Crippen LogP contribution in [0, 0.1) is 17.0 Å². The molecule has 6 heteroatoms. The molecule has 0 aliphatic heterocycles. The number of amides is 1. The maximum absolute atomic E-state index is 12.7. The zero-order valence-electron chi connectivity index (χ0n) is 15.6. The van der Waals surface area contributed by atoms with E-state index in [4.69, 9.17) is 4.74 Å². The zero-order valence-corrected chi connectivity index (χ0v) is 15.6. The molecule has 0 spiro atoms. The first kappa shape index (κ1) is 19.1. The average Bonchev–Trinajstić information content (AvgIpc) is 2.68. The monoisotopic (exact) mass is 376 g/mol. The zero-order chi connectivity index (χ0) is 20.1. The van der Waals surface area contributed by atoms with E-state index in [9.17, 15) is 14.9 Å². The Balaban J connectivity index is 1.89. The van der Waals surface area contributed by atoms with Gasteiger partial charge in [-0.1, -0.05) is 42.5 Å². The van der Waals surface area contributed by atoms with Gasteiger partial charge in [-0.15, -0.1) is 0 Å². The smallest absolute Gasteiger partial charge is 0.285 e. The lowest BCUT2D eigenvalue weighted by atomic mass is 10.0. The second-order valence-corrected chi connectivity index (χ2v) is 6.37. The number of nitrogens with zero attached hydrogens (tertiary/aromatic N) is 1. The number of para-hydroxylation sites is 1. The van der Waals surface area contributed by atoms with E-state index in [1.807, 2.05) is 36.4 Å². The van der Waals surface area contributed by atoms with E-state index in [0.29, 0.717) is 23.4 Å². The molecule has 3 aromatic rings. The standard InChI is InChI=1S/C22H20N2O4/c1-15-7-6-10-19(21(15)24(26)27)22(25)23-18-11-12-20(28-2)17(14-18)13-16-8-4-3-5-9-16/h3-12,14H,13H2,1-2H3,(H,23,25). The molecule has 0 saturated carbocycles. The van der Waals surface area contributed by atoms with E-state index >= 15 is 0 Å². The number of nitrogens with one attached hydrogen (secondary N) is 1. The Morgan fingerprint density at radius 2 is 1.82 bits per heavy atom. The van der Waals surface area contributed by atoms with Gasteiger partial charge >= 0.3 is 0 Å². The van der Waals surface area contributed by atoms with E-state index in [1.54, 1.807) is 38.3 Å². The lowest BCUT2D eigenvalue weighted by molar-refractivity contribution is -0.385. The Morgan fingerprint density at radius 3 is 2.50 bits per heavy atom. The highest BCUT2D eigenvalue weighted by Gasteiger charge is 2.22. The van der Waals surface area contributed by atoms with Crippen LogP contribution in [0.1, 0.15) is 27.0 Å². The van der Waals surface area contributed by atoms with E-state index < -0.39 is 10.8 Å². The Bertz CT molecular complexity index is 1020. The Labute approximate surface area is 162 Å². The second kappa shape index (κ2) is 8.35. The summed E-state index contributed by atoms with van der Waals surface area (Å²) in [4.78, 5) is 23.5. The first-order chi connectivity index (χ1) is 13.5. The summed E-state index contributed by atoms with van der Waals surface area (Å²) in [5.41, 5.74) is 2.86. The number of rotatable bonds is 6. The van der Waals surface area contributed by atoms with Crippen molar-refractivity contribution in [2.45, 2.75) is 13.3 Å². The third kappa shape index (κ3) is 4.17. The minimum Gasteiger partial charge on any atom is -0.496 e. The van der Waals surface area contributed by atoms with Gasteiger partial charge in [-0.2, -0.15) is 0 Å². The largest absolute Gasteiger partial charge is 0.496 e. The number of aryl methyl sites for hydroxylation is 1. The topological polar surface area (TPSA) is 81.5 Å². The van der Waals surface area contributed by atoms with Crippen molar-refractivity contribution in [3.05, 3.63) is 99.1 Å². The molecule has 1 amide bonds. The highest BCUT2D eigenvalue weighted by atomic mass is 16.6. The molecule has 0 aliphatic carbocycles. The highest BCUT2D eigenvalue weighted by Crippen LogP contribution is 2.27. The molecule has 0 aliphatic rings. The van der Waals surface area contributed by atoms with Gasteiger partial charge in [0.2, 0.25) is 0 Å². The van der Waals surface area contributed by atoms with Gasteiger partial charge < -0.3 is 10.1 Å². The van der Waals surface area contributed by atoms with Gasteiger partial charge in [-0.3, -0.25) is 14.9 Å². The van der Waals surface area contributed by atoms with Crippen LogP contribution >= 0.6 is 0 Å². The van der Waals surface area contributed by atoms with Crippen molar-refractivity contribution in [3.63, 3.8) is 0 Å². The van der Waals surface area contributed by atoms with Crippen molar-refractivity contribution in [3.8, 4) is 5.75 Å². The Morgan fingerprint density at radius 1 is 1.07 bits per heavy atom. The SMILES string of the molecule is COc1ccc(NC(=O)c2cccc(C)c2[N+](=O)[O-])cc1Cc1ccccc1. The lowest BCUT2D eigenvalue weighted by Gasteiger charge is -2.12. The number of anilines is 1. The molecule has 0 unspecified atom stereocenters. The summed E-state index contributed by atoms with van der Waals surface area (Å²) in [5.74, 6) is 0.189. The van der Waals surface area contributed by atoms with Crippen molar-refractivity contribution in [1.82, 2.24) is 0 Å². The average molecular weight is 376 g/mol. The van der Waals surface area contributed by atoms with Gasteiger partial charge in [0.15, 0.2) is 0 Å². The third-order valence-electron chi connectivity index (χ3n) is 4.44. The molecule has 0 atom stereocenters. The normalized spacial score (nSPS) is 10.4. The number of carbonyl (C=O) groups is 1. The number of benzene rings is 3. The van der Waals surface area contributed by atoms with E-state index in [1.165, 1.54) is 6.07 Å². The van der Waals surface area contributed by atoms with Crippen molar-refractivity contribution >= 4 is 17.3 Å². The van der Waals surface area contributed by atoms with Crippen LogP contribution in [0.3, 0.4) is 0 Å². The molecule has 0 saturated heterocycles. The maximum atomic E-state index is 12.7. The predicted molar refractivity (Wildman–Crippen MR) is 108 cm³/mol. The molecule has 6 nitrogen and oxygen atoms in total. The second-order valence-electron chi connectivity index (χ2n) is 6.37. The minimum absolute atomic E-state index is 0.0328. The molecule has 142 valence electrons. The van der Waals surface area contributed by atoms with E-state index in [-0.39, 0.29) is 11.3 Å². The Hall–Kier alpha value is -3.67. The van der Waals surface area contributed by atoms with Crippen molar-refractivity contribution in [1.29, 1.82) is 0 Å². The minimum atomic E-state index is -0.529. The van der Waals surface area contributed by atoms with Crippen LogP contribution in [0.5, 0.6) is 5.75 Å². The highest BCUT2D eigenvalue weighted by molar-refractivity contribution is 6.07. The summed E-state index contributed by atoms with van der Waals surface area (Å²) >= 11 is 0. The number of hydrogen-bond donors (Lipinski definition) is 1. The number of methoxy groups -OCH3 is 1. The quantitative estimate of drug-likeness (QED) is 0.497. The molecule has 0 heterocycles. The molecule has 1 N–H and O–H groups in total. The van der Waals surface area contributed by atoms with Crippen LogP contribution in [0.15, 0.2) is 66.7 Å². The predicted octanol–water partition coefficient (Wildman–Crippen LogP) is 4.75. The van der Waals surface area contributed by atoms with Gasteiger partial charge in [0.1, 0.15) is 11.3 Å². The molecule has 28 heavy (non-hydrogen) atoms. The van der Waals surface area contributed by atoms with Crippen molar-refractivity contribution < 1.29 is 14.5 Å². The molecule has 3 aromatic carbocycles. The van der Waals surface area contributed by atoms with E-state index in [2.05, 4.69) is 5.32 Å². The molecular formula is C22H20N2O4. The molecular weight excluding hydrogens is 356 g/mol. The summed E-state index contributed by atoms with van der Waals surface area (Å²) in [6.45, 7) is 1.61. The third-order valence-corrected chi connectivity index (χ3v) is 4.44. The maximum Gasteiger partial charge on any atom is 0.285 e. The van der Waals surface area contributed by atoms with Crippen LogP contribution in [0.2, 0.25) is 0 Å². The first-order valence-electron chi connectivity index (χ1n) is 8.76. The fourth-order valence-corrected chi connectivity index (χ4v) is 3.09. The molecule has 0 bridgehead atoms. The van der Waals surface area contributed by atoms with Gasteiger partial charge in [-0.05, 0) is 36.8 Å². The summed E-state index contributed by atoms with van der Waals surface area (Å²) in [7, 11) is 1.60. The number of hydrogen-bond acceptors (Lipinski definition) is 4. The number of carbonyl (C=O) groups excluding carboxylic acids is 1. The summed E-state index contributed by atoms with van der Waals surface area (Å²) in [6, 6.07) is 19.9. The van der Waals surface area contributed by atoms with Crippen LogP contribution in [-0.2, 0) is 6.42 Å². The van der Waals surface area contributed by atoms with Gasteiger partial charge in [0.05, 0.1) is 12.0 Å². The summed E-state index contributed by atoms with van der Waals surface area (Å²) < 4.78 is 5.43. The fourth-order valence-electron chi connectivity index (χ4n) is 3.09. The van der Waals surface area contributed by atoms with Crippen LogP contribution < -0.4 is 10.1 Å². The van der Waals surface area contributed by atoms with E-state index in [0.717, 1.165) is 11.1 Å². The van der Waals surface area contributed by atoms with Crippen LogP contribution in [-0.4, -0.2) is 17.9 Å². The Kier molecular flexibility index (Phi) is 5.69. The molecule has 0 radical (unpaired) electrons. The number of nitro groups is 1. The molecule has 0 fully saturated rings. The lowest BCUT2D eigenvalue weighted by Crippen LogP contribution is -2.14. The summed E-state index contributed by atoms with van der Waals surface area (Å²) in [6.07, 6.45) is 0.637. The summed E-state index contributed by atoms with van der Waals surface area (Å²) in [5, 5.41) is 14.1. The van der Waals surface area contributed by atoms with Gasteiger partial charge in [-0.25, -0.2) is 0 Å². The van der Waals surface area contributed by atoms with Crippen LogP contribution in [0.4, 0.5) is 11.4 Å². The fraction of sp³-hybridized carbons (Fsp3) is 0.136.